The number of halogens is 3. The molecule has 2 aliphatic rings. The van der Waals surface area contributed by atoms with Crippen molar-refractivity contribution in [3.05, 3.63) is 23.8 Å². The van der Waals surface area contributed by atoms with Gasteiger partial charge in [-0.15, -0.1) is 13.2 Å². The van der Waals surface area contributed by atoms with E-state index in [1.165, 1.54) is 38.5 Å². The zero-order chi connectivity index (χ0) is 18.2. The molecule has 0 N–H and O–H groups in total. The Morgan fingerprint density at radius 1 is 1.16 bits per heavy atom. The molecule has 2 fully saturated rings. The van der Waals surface area contributed by atoms with Crippen molar-refractivity contribution in [2.24, 2.45) is 17.8 Å². The van der Waals surface area contributed by atoms with Gasteiger partial charge in [0.25, 0.3) is 0 Å². The predicted octanol–water partition coefficient (Wildman–Crippen LogP) is 4.68. The van der Waals surface area contributed by atoms with Gasteiger partial charge in [-0.3, -0.25) is 0 Å². The zero-order valence-corrected chi connectivity index (χ0v) is 15.0. The summed E-state index contributed by atoms with van der Waals surface area (Å²) in [7, 11) is 5.58. The minimum atomic E-state index is -4.69. The first-order chi connectivity index (χ1) is 11.8. The van der Waals surface area contributed by atoms with Crippen molar-refractivity contribution in [2.45, 2.75) is 38.0 Å². The van der Waals surface area contributed by atoms with Crippen molar-refractivity contribution in [1.82, 2.24) is 4.90 Å². The molecule has 0 heterocycles. The summed E-state index contributed by atoms with van der Waals surface area (Å²) < 4.78 is 48.3. The number of fused-ring (bicyclic) bond motifs is 2. The minimum Gasteiger partial charge on any atom is -0.497 e. The van der Waals surface area contributed by atoms with Gasteiger partial charge in [0.1, 0.15) is 11.5 Å². The van der Waals surface area contributed by atoms with Gasteiger partial charge in [0.2, 0.25) is 0 Å². The summed E-state index contributed by atoms with van der Waals surface area (Å²) in [6.07, 6.45) is -0.192. The lowest BCUT2D eigenvalue weighted by atomic mass is 9.69. The summed E-state index contributed by atoms with van der Waals surface area (Å²) in [6, 6.07) is 4.66. The molecule has 4 atom stereocenters. The van der Waals surface area contributed by atoms with Crippen molar-refractivity contribution >= 4 is 0 Å². The maximum absolute atomic E-state index is 12.9. The highest BCUT2D eigenvalue weighted by atomic mass is 19.4. The summed E-state index contributed by atoms with van der Waals surface area (Å²) in [6.45, 7) is 0.880. The smallest absolute Gasteiger partial charge is 0.497 e. The Hall–Kier alpha value is -1.43. The van der Waals surface area contributed by atoms with E-state index in [0.29, 0.717) is 29.1 Å². The molecule has 25 heavy (non-hydrogen) atoms. The number of alkyl halides is 3. The number of methoxy groups -OCH3 is 1. The van der Waals surface area contributed by atoms with Gasteiger partial charge >= 0.3 is 6.36 Å². The lowest BCUT2D eigenvalue weighted by Crippen LogP contribution is -2.35. The summed E-state index contributed by atoms with van der Waals surface area (Å²) in [5, 5.41) is 0. The van der Waals surface area contributed by atoms with Gasteiger partial charge < -0.3 is 14.4 Å². The van der Waals surface area contributed by atoms with Crippen LogP contribution in [0.1, 0.15) is 37.2 Å². The molecule has 0 saturated heterocycles. The highest BCUT2D eigenvalue weighted by molar-refractivity contribution is 5.43. The fourth-order valence-electron chi connectivity index (χ4n) is 4.80. The van der Waals surface area contributed by atoms with E-state index in [0.717, 1.165) is 13.0 Å². The Morgan fingerprint density at radius 3 is 2.56 bits per heavy atom. The van der Waals surface area contributed by atoms with Gasteiger partial charge in [-0.2, -0.15) is 0 Å². The monoisotopic (exact) mass is 357 g/mol. The van der Waals surface area contributed by atoms with Crippen LogP contribution >= 0.6 is 0 Å². The molecule has 0 amide bonds. The second kappa shape index (κ2) is 7.06. The van der Waals surface area contributed by atoms with E-state index in [9.17, 15) is 13.2 Å². The van der Waals surface area contributed by atoms with Crippen LogP contribution in [0.15, 0.2) is 18.2 Å². The first kappa shape index (κ1) is 18.4. The molecule has 0 radical (unpaired) electrons. The maximum atomic E-state index is 12.9. The lowest BCUT2D eigenvalue weighted by molar-refractivity contribution is -0.275. The van der Waals surface area contributed by atoms with Gasteiger partial charge in [-0.1, -0.05) is 6.42 Å². The van der Waals surface area contributed by atoms with Crippen molar-refractivity contribution in [3.63, 3.8) is 0 Å². The largest absolute Gasteiger partial charge is 0.573 e. The fraction of sp³-hybridized carbons (Fsp3) is 0.684. The fourth-order valence-corrected chi connectivity index (χ4v) is 4.80. The van der Waals surface area contributed by atoms with Crippen molar-refractivity contribution in [1.29, 1.82) is 0 Å². The van der Waals surface area contributed by atoms with Crippen LogP contribution in [0.4, 0.5) is 13.2 Å². The predicted molar refractivity (Wildman–Crippen MR) is 89.9 cm³/mol. The molecular formula is C19H26F3NO2. The molecule has 2 aliphatic carbocycles. The average molecular weight is 357 g/mol. The Morgan fingerprint density at radius 2 is 1.92 bits per heavy atom. The molecule has 0 aliphatic heterocycles. The maximum Gasteiger partial charge on any atom is 0.573 e. The first-order valence-electron chi connectivity index (χ1n) is 8.85. The number of hydrogen-bond acceptors (Lipinski definition) is 3. The third-order valence-electron chi connectivity index (χ3n) is 5.71. The van der Waals surface area contributed by atoms with Crippen molar-refractivity contribution < 1.29 is 22.6 Å². The average Bonchev–Trinajstić information content (AvgIpc) is 2.92. The van der Waals surface area contributed by atoms with Crippen LogP contribution in [0.2, 0.25) is 0 Å². The second-order valence-corrected chi connectivity index (χ2v) is 7.66. The van der Waals surface area contributed by atoms with Gasteiger partial charge in [-0.05, 0) is 75.2 Å². The topological polar surface area (TPSA) is 21.7 Å². The number of hydrogen-bond donors (Lipinski definition) is 0. The molecule has 1 aromatic rings. The highest BCUT2D eigenvalue weighted by Crippen LogP contribution is 2.54. The molecule has 0 spiro atoms. The standard InChI is InChI=1S/C19H26F3NO2/c1-23(2)11-17-13-5-4-12(8-13)9-15(17)16-10-14(24-3)6-7-18(16)25-19(20,21)22/h6-7,10,12-13,15,17H,4-5,8-9,11H2,1-3H3/t12-,13+,15?,17+/m1/s1. The molecule has 0 aromatic heterocycles. The number of nitrogens with zero attached hydrogens (tertiary/aromatic N) is 1. The molecule has 140 valence electrons. The van der Waals surface area contributed by atoms with Crippen LogP contribution in [-0.4, -0.2) is 39.0 Å². The van der Waals surface area contributed by atoms with Gasteiger partial charge in [-0.25, -0.2) is 0 Å². The van der Waals surface area contributed by atoms with Crippen LogP contribution in [0.25, 0.3) is 0 Å². The zero-order valence-electron chi connectivity index (χ0n) is 15.0. The summed E-state index contributed by atoms with van der Waals surface area (Å²) in [5.74, 6) is 2.10. The van der Waals surface area contributed by atoms with E-state index < -0.39 is 6.36 Å². The van der Waals surface area contributed by atoms with Crippen molar-refractivity contribution in [2.75, 3.05) is 27.7 Å². The van der Waals surface area contributed by atoms with E-state index in [1.54, 1.807) is 6.07 Å². The van der Waals surface area contributed by atoms with E-state index in [1.807, 2.05) is 14.1 Å². The first-order valence-corrected chi connectivity index (χ1v) is 8.85. The third kappa shape index (κ3) is 4.22. The Bertz CT molecular complexity index is 603. The Labute approximate surface area is 147 Å². The normalized spacial score (nSPS) is 29.1. The third-order valence-corrected chi connectivity index (χ3v) is 5.71. The van der Waals surface area contributed by atoms with Crippen molar-refractivity contribution in [3.8, 4) is 11.5 Å². The van der Waals surface area contributed by atoms with Gasteiger partial charge in [0.15, 0.2) is 0 Å². The molecular weight excluding hydrogens is 331 g/mol. The molecule has 1 unspecified atom stereocenters. The molecule has 1 aromatic carbocycles. The van der Waals surface area contributed by atoms with E-state index in [-0.39, 0.29) is 11.7 Å². The Kier molecular flexibility index (Phi) is 5.19. The Balaban J connectivity index is 1.99. The molecule has 2 saturated carbocycles. The summed E-state index contributed by atoms with van der Waals surface area (Å²) >= 11 is 0. The minimum absolute atomic E-state index is 0.0705. The van der Waals surface area contributed by atoms with E-state index in [4.69, 9.17) is 4.74 Å². The van der Waals surface area contributed by atoms with E-state index >= 15 is 0 Å². The van der Waals surface area contributed by atoms with E-state index in [2.05, 4.69) is 9.64 Å². The van der Waals surface area contributed by atoms with Crippen LogP contribution in [0.3, 0.4) is 0 Å². The van der Waals surface area contributed by atoms with Crippen LogP contribution in [0.5, 0.6) is 11.5 Å². The summed E-state index contributed by atoms with van der Waals surface area (Å²) in [5.41, 5.74) is 0.639. The summed E-state index contributed by atoms with van der Waals surface area (Å²) in [4.78, 5) is 2.14. The van der Waals surface area contributed by atoms with Crippen LogP contribution < -0.4 is 9.47 Å². The lowest BCUT2D eigenvalue weighted by Gasteiger charge is -2.39. The van der Waals surface area contributed by atoms with Crippen LogP contribution in [-0.2, 0) is 0 Å². The second-order valence-electron chi connectivity index (χ2n) is 7.66. The van der Waals surface area contributed by atoms with Crippen LogP contribution in [0, 0.1) is 17.8 Å². The number of ether oxygens (including phenoxy) is 2. The van der Waals surface area contributed by atoms with Gasteiger partial charge in [0, 0.05) is 12.1 Å². The molecule has 6 heteroatoms. The SMILES string of the molecule is COc1ccc(OC(F)(F)F)c(C2C[C@@H]3CC[C@@H](C3)[C@@H]2CN(C)C)c1. The van der Waals surface area contributed by atoms with Gasteiger partial charge in [0.05, 0.1) is 7.11 Å². The molecule has 3 nitrogen and oxygen atoms in total. The number of benzene rings is 1. The highest BCUT2D eigenvalue weighted by Gasteiger charge is 2.44. The molecule has 3 rings (SSSR count). The quantitative estimate of drug-likeness (QED) is 0.764. The number of rotatable bonds is 5. The molecule has 2 bridgehead atoms.